The zero-order chi connectivity index (χ0) is 18.9. The van der Waals surface area contributed by atoms with E-state index in [1.165, 1.54) is 6.08 Å². The monoisotopic (exact) mass is 362 g/mol. The number of urea groups is 1. The van der Waals surface area contributed by atoms with Crippen LogP contribution in [0, 0.1) is 0 Å². The lowest BCUT2D eigenvalue weighted by atomic mass is 10.2. The van der Waals surface area contributed by atoms with Gasteiger partial charge >= 0.3 is 12.0 Å². The minimum absolute atomic E-state index is 0.108. The molecule has 0 radical (unpaired) electrons. The fraction of sp³-hybridized carbons (Fsp3) is 0.389. The van der Waals surface area contributed by atoms with Crippen LogP contribution >= 0.6 is 0 Å². The SMILES string of the molecule is CC(C)NC(=O)NC(=O)COC(=O)/C=C/c1ccc2c(c1)OCCCO2. The lowest BCUT2D eigenvalue weighted by molar-refractivity contribution is -0.143. The molecule has 26 heavy (non-hydrogen) atoms. The van der Waals surface area contributed by atoms with Crippen molar-refractivity contribution in [3.05, 3.63) is 29.8 Å². The van der Waals surface area contributed by atoms with E-state index in [1.807, 2.05) is 0 Å². The van der Waals surface area contributed by atoms with Crippen LogP contribution in [0.3, 0.4) is 0 Å². The van der Waals surface area contributed by atoms with Gasteiger partial charge in [0.05, 0.1) is 13.2 Å². The first-order chi connectivity index (χ1) is 12.4. The van der Waals surface area contributed by atoms with Gasteiger partial charge in [0.25, 0.3) is 5.91 Å². The van der Waals surface area contributed by atoms with Crippen LogP contribution in [0.2, 0.25) is 0 Å². The second kappa shape index (κ2) is 9.45. The minimum Gasteiger partial charge on any atom is -0.490 e. The number of rotatable bonds is 5. The molecule has 0 bridgehead atoms. The van der Waals surface area contributed by atoms with E-state index in [0.717, 1.165) is 12.0 Å². The molecule has 1 aromatic rings. The van der Waals surface area contributed by atoms with Crippen LogP contribution < -0.4 is 20.1 Å². The first kappa shape index (κ1) is 19.3. The van der Waals surface area contributed by atoms with Crippen LogP contribution in [0.1, 0.15) is 25.8 Å². The molecule has 140 valence electrons. The molecule has 0 atom stereocenters. The Morgan fingerprint density at radius 1 is 1.19 bits per heavy atom. The Labute approximate surface area is 151 Å². The van der Waals surface area contributed by atoms with Crippen LogP contribution in [-0.2, 0) is 14.3 Å². The Morgan fingerprint density at radius 3 is 2.65 bits per heavy atom. The van der Waals surface area contributed by atoms with Gasteiger partial charge in [0.15, 0.2) is 18.1 Å². The molecule has 0 aromatic heterocycles. The third kappa shape index (κ3) is 6.46. The number of hydrogen-bond acceptors (Lipinski definition) is 6. The number of nitrogens with one attached hydrogen (secondary N) is 2. The lowest BCUT2D eigenvalue weighted by Crippen LogP contribution is -2.43. The molecule has 2 rings (SSSR count). The second-order valence-corrected chi connectivity index (χ2v) is 5.87. The quantitative estimate of drug-likeness (QED) is 0.610. The third-order valence-electron chi connectivity index (χ3n) is 3.20. The summed E-state index contributed by atoms with van der Waals surface area (Å²) in [5.74, 6) is -0.121. The molecular weight excluding hydrogens is 340 g/mol. The summed E-state index contributed by atoms with van der Waals surface area (Å²) in [6, 6.07) is 4.56. The van der Waals surface area contributed by atoms with Gasteiger partial charge < -0.3 is 19.5 Å². The first-order valence-corrected chi connectivity index (χ1v) is 8.29. The van der Waals surface area contributed by atoms with Gasteiger partial charge in [-0.2, -0.15) is 0 Å². The van der Waals surface area contributed by atoms with E-state index in [-0.39, 0.29) is 6.04 Å². The Bertz CT molecular complexity index is 699. The summed E-state index contributed by atoms with van der Waals surface area (Å²) in [6.45, 7) is 4.15. The number of hydrogen-bond donors (Lipinski definition) is 2. The molecule has 1 aliphatic heterocycles. The highest BCUT2D eigenvalue weighted by Crippen LogP contribution is 2.30. The van der Waals surface area contributed by atoms with E-state index in [4.69, 9.17) is 14.2 Å². The standard InChI is InChI=1S/C18H22N2O6/c1-12(2)19-18(23)20-16(21)11-26-17(22)7-5-13-4-6-14-15(10-13)25-9-3-8-24-14/h4-7,10,12H,3,8-9,11H2,1-2H3,(H2,19,20,21,23)/b7-5+. The van der Waals surface area contributed by atoms with Crippen molar-refractivity contribution in [2.24, 2.45) is 0 Å². The summed E-state index contributed by atoms with van der Waals surface area (Å²) < 4.78 is 15.9. The summed E-state index contributed by atoms with van der Waals surface area (Å²) >= 11 is 0. The lowest BCUT2D eigenvalue weighted by Gasteiger charge is -2.09. The maximum atomic E-state index is 11.7. The number of imide groups is 1. The molecular formula is C18H22N2O6. The molecule has 0 saturated heterocycles. The van der Waals surface area contributed by atoms with Crippen molar-refractivity contribution in [3.63, 3.8) is 0 Å². The van der Waals surface area contributed by atoms with Crippen molar-refractivity contribution in [2.75, 3.05) is 19.8 Å². The van der Waals surface area contributed by atoms with Crippen molar-refractivity contribution in [1.82, 2.24) is 10.6 Å². The minimum atomic E-state index is -0.708. The molecule has 0 fully saturated rings. The molecule has 3 amide bonds. The number of fused-ring (bicyclic) bond motifs is 1. The average molecular weight is 362 g/mol. The number of esters is 1. The van der Waals surface area contributed by atoms with Gasteiger partial charge in [-0.15, -0.1) is 0 Å². The highest BCUT2D eigenvalue weighted by molar-refractivity contribution is 5.96. The third-order valence-corrected chi connectivity index (χ3v) is 3.20. The maximum absolute atomic E-state index is 11.7. The zero-order valence-electron chi connectivity index (χ0n) is 14.7. The second-order valence-electron chi connectivity index (χ2n) is 5.87. The summed E-state index contributed by atoms with van der Waals surface area (Å²) in [7, 11) is 0. The highest BCUT2D eigenvalue weighted by Gasteiger charge is 2.11. The molecule has 0 saturated carbocycles. The smallest absolute Gasteiger partial charge is 0.331 e. The molecule has 8 nitrogen and oxygen atoms in total. The number of benzene rings is 1. The van der Waals surface area contributed by atoms with Crippen LogP contribution in [-0.4, -0.2) is 43.8 Å². The van der Waals surface area contributed by atoms with Gasteiger partial charge in [-0.05, 0) is 37.6 Å². The summed E-state index contributed by atoms with van der Waals surface area (Å²) in [6.07, 6.45) is 3.55. The topological polar surface area (TPSA) is 103 Å². The van der Waals surface area contributed by atoms with Crippen molar-refractivity contribution in [1.29, 1.82) is 0 Å². The number of carbonyl (C=O) groups is 3. The summed E-state index contributed by atoms with van der Waals surface area (Å²) in [5.41, 5.74) is 0.729. The van der Waals surface area contributed by atoms with Gasteiger partial charge in [0, 0.05) is 18.5 Å². The fourth-order valence-corrected chi connectivity index (χ4v) is 2.09. The average Bonchev–Trinajstić information content (AvgIpc) is 2.82. The Morgan fingerprint density at radius 2 is 1.92 bits per heavy atom. The van der Waals surface area contributed by atoms with Gasteiger partial charge in [-0.25, -0.2) is 9.59 Å². The van der Waals surface area contributed by atoms with Crippen LogP contribution in [0.4, 0.5) is 4.79 Å². The van der Waals surface area contributed by atoms with Crippen molar-refractivity contribution >= 4 is 24.0 Å². The Hall–Kier alpha value is -3.03. The molecule has 0 aliphatic carbocycles. The van der Waals surface area contributed by atoms with Crippen molar-refractivity contribution in [3.8, 4) is 11.5 Å². The van der Waals surface area contributed by atoms with Gasteiger partial charge in [0.2, 0.25) is 0 Å². The fourth-order valence-electron chi connectivity index (χ4n) is 2.09. The summed E-state index contributed by atoms with van der Waals surface area (Å²) in [4.78, 5) is 34.5. The summed E-state index contributed by atoms with van der Waals surface area (Å²) in [5, 5.41) is 4.55. The van der Waals surface area contributed by atoms with Gasteiger partial charge in [0.1, 0.15) is 0 Å². The molecule has 1 aromatic carbocycles. The Kier molecular flexibility index (Phi) is 7.02. The zero-order valence-corrected chi connectivity index (χ0v) is 14.7. The largest absolute Gasteiger partial charge is 0.490 e. The predicted octanol–water partition coefficient (Wildman–Crippen LogP) is 1.64. The van der Waals surface area contributed by atoms with E-state index in [2.05, 4.69) is 10.6 Å². The van der Waals surface area contributed by atoms with Gasteiger partial charge in [-0.1, -0.05) is 6.07 Å². The van der Waals surface area contributed by atoms with E-state index < -0.39 is 24.5 Å². The molecule has 0 unspecified atom stereocenters. The van der Waals surface area contributed by atoms with Gasteiger partial charge in [-0.3, -0.25) is 10.1 Å². The molecule has 0 spiro atoms. The van der Waals surface area contributed by atoms with Crippen LogP contribution in [0.25, 0.3) is 6.08 Å². The first-order valence-electron chi connectivity index (χ1n) is 8.29. The molecule has 8 heteroatoms. The predicted molar refractivity (Wildman–Crippen MR) is 93.9 cm³/mol. The van der Waals surface area contributed by atoms with E-state index in [9.17, 15) is 14.4 Å². The number of amides is 3. The van der Waals surface area contributed by atoms with E-state index in [0.29, 0.717) is 24.7 Å². The molecule has 1 aliphatic rings. The molecule has 1 heterocycles. The van der Waals surface area contributed by atoms with Crippen molar-refractivity contribution < 1.29 is 28.6 Å². The van der Waals surface area contributed by atoms with Crippen LogP contribution in [0.5, 0.6) is 11.5 Å². The van der Waals surface area contributed by atoms with Crippen LogP contribution in [0.15, 0.2) is 24.3 Å². The number of carbonyl (C=O) groups excluding carboxylic acids is 3. The van der Waals surface area contributed by atoms with E-state index in [1.54, 1.807) is 38.1 Å². The Balaban J connectivity index is 1.81. The highest BCUT2D eigenvalue weighted by atomic mass is 16.5. The molecule has 2 N–H and O–H groups in total. The number of ether oxygens (including phenoxy) is 3. The maximum Gasteiger partial charge on any atom is 0.331 e. The van der Waals surface area contributed by atoms with E-state index >= 15 is 0 Å². The van der Waals surface area contributed by atoms with Crippen molar-refractivity contribution in [2.45, 2.75) is 26.3 Å². The normalized spacial score (nSPS) is 13.2.